The molecule has 1 aliphatic carbocycles. The number of nitrogens with zero attached hydrogens (tertiary/aromatic N) is 1. The second-order valence-corrected chi connectivity index (χ2v) is 8.88. The topological polar surface area (TPSA) is 59.3 Å². The Labute approximate surface area is 168 Å². The summed E-state index contributed by atoms with van der Waals surface area (Å²) in [4.78, 5) is 12.8. The Morgan fingerprint density at radius 2 is 1.81 bits per heavy atom. The number of esters is 1. The molecular weight excluding hydrogens is 406 g/mol. The lowest BCUT2D eigenvalue weighted by molar-refractivity contribution is -0.149. The van der Waals surface area contributed by atoms with Gasteiger partial charge in [0.15, 0.2) is 0 Å². The molecule has 0 saturated heterocycles. The lowest BCUT2D eigenvalue weighted by Crippen LogP contribution is -2.15. The molecule has 0 aromatic heterocycles. The van der Waals surface area contributed by atoms with E-state index in [4.69, 9.17) is 9.47 Å². The van der Waals surface area contributed by atoms with Crippen LogP contribution < -0.4 is 4.74 Å². The molecule has 140 valence electrons. The molecular formula is C22H22BrNO3. The van der Waals surface area contributed by atoms with E-state index < -0.39 is 6.10 Å². The van der Waals surface area contributed by atoms with Crippen molar-refractivity contribution in [3.8, 4) is 17.6 Å². The first kappa shape index (κ1) is 19.4. The minimum atomic E-state index is -0.959. The third-order valence-electron chi connectivity index (χ3n) is 5.15. The molecule has 0 bridgehead atoms. The first-order valence-electron chi connectivity index (χ1n) is 8.91. The van der Waals surface area contributed by atoms with Crippen LogP contribution in [0.2, 0.25) is 0 Å². The molecule has 4 unspecified atom stereocenters. The molecule has 0 radical (unpaired) electrons. The molecule has 1 fully saturated rings. The molecule has 4 atom stereocenters. The van der Waals surface area contributed by atoms with Crippen LogP contribution in [-0.2, 0) is 9.53 Å². The minimum absolute atomic E-state index is 0.127. The molecule has 4 nitrogen and oxygen atoms in total. The molecule has 0 heterocycles. The fourth-order valence-corrected chi connectivity index (χ4v) is 4.70. The summed E-state index contributed by atoms with van der Waals surface area (Å²) in [5.74, 6) is 0.975. The van der Waals surface area contributed by atoms with Crippen molar-refractivity contribution >= 4 is 21.9 Å². The Morgan fingerprint density at radius 1 is 1.15 bits per heavy atom. The van der Waals surface area contributed by atoms with Crippen LogP contribution in [0.4, 0.5) is 0 Å². The fraction of sp³-hybridized carbons (Fsp3) is 0.364. The number of ether oxygens (including phenoxy) is 2. The molecule has 1 saturated carbocycles. The first-order valence-corrected chi connectivity index (χ1v) is 9.83. The Kier molecular flexibility index (Phi) is 5.57. The predicted molar refractivity (Wildman–Crippen MR) is 107 cm³/mol. The van der Waals surface area contributed by atoms with Crippen LogP contribution >= 0.6 is 15.9 Å². The maximum atomic E-state index is 12.6. The highest BCUT2D eigenvalue weighted by atomic mass is 79.9. The standard InChI is InChI=1S/C22H22BrNO3/c1-14(23)19-20(22(19,2)3)21(25)27-18(13-24)15-8-7-11-17(12-15)26-16-9-5-4-6-10-16/h4-12,14,18-20H,1-3H3. The van der Waals surface area contributed by atoms with Crippen molar-refractivity contribution in [2.45, 2.75) is 31.7 Å². The Hall–Kier alpha value is -2.32. The maximum absolute atomic E-state index is 12.6. The van der Waals surface area contributed by atoms with E-state index in [9.17, 15) is 10.1 Å². The number of nitriles is 1. The lowest BCUT2D eigenvalue weighted by Gasteiger charge is -2.13. The second kappa shape index (κ2) is 7.74. The van der Waals surface area contributed by atoms with Gasteiger partial charge in [0.2, 0.25) is 6.10 Å². The second-order valence-electron chi connectivity index (χ2n) is 7.44. The van der Waals surface area contributed by atoms with E-state index in [0.717, 1.165) is 0 Å². The van der Waals surface area contributed by atoms with Gasteiger partial charge in [-0.25, -0.2) is 0 Å². The highest BCUT2D eigenvalue weighted by molar-refractivity contribution is 9.09. The van der Waals surface area contributed by atoms with Gasteiger partial charge >= 0.3 is 5.97 Å². The number of benzene rings is 2. The molecule has 0 aliphatic heterocycles. The Morgan fingerprint density at radius 3 is 2.41 bits per heavy atom. The van der Waals surface area contributed by atoms with Crippen LogP contribution in [0.5, 0.6) is 11.5 Å². The van der Waals surface area contributed by atoms with Crippen LogP contribution in [0.3, 0.4) is 0 Å². The molecule has 2 aromatic carbocycles. The number of carbonyl (C=O) groups is 1. The molecule has 5 heteroatoms. The van der Waals surface area contributed by atoms with Crippen LogP contribution in [0.15, 0.2) is 54.6 Å². The molecule has 27 heavy (non-hydrogen) atoms. The quantitative estimate of drug-likeness (QED) is 0.441. The highest BCUT2D eigenvalue weighted by Crippen LogP contribution is 2.62. The zero-order valence-corrected chi connectivity index (χ0v) is 17.1. The normalized spacial score (nSPS) is 22.2. The largest absolute Gasteiger partial charge is 0.457 e. The average molecular weight is 428 g/mol. The van der Waals surface area contributed by atoms with E-state index in [1.165, 1.54) is 0 Å². The maximum Gasteiger partial charge on any atom is 0.311 e. The van der Waals surface area contributed by atoms with E-state index in [1.807, 2.05) is 37.3 Å². The number of hydrogen-bond acceptors (Lipinski definition) is 4. The Bertz CT molecular complexity index is 857. The molecule has 0 N–H and O–H groups in total. The zero-order valence-electron chi connectivity index (χ0n) is 15.6. The number of halogens is 1. The van der Waals surface area contributed by atoms with Crippen molar-refractivity contribution in [1.29, 1.82) is 5.26 Å². The van der Waals surface area contributed by atoms with Crippen molar-refractivity contribution in [2.75, 3.05) is 0 Å². The van der Waals surface area contributed by atoms with Crippen molar-refractivity contribution in [3.05, 3.63) is 60.2 Å². The van der Waals surface area contributed by atoms with Crippen molar-refractivity contribution in [2.24, 2.45) is 17.3 Å². The van der Waals surface area contributed by atoms with Gasteiger partial charge in [0, 0.05) is 10.4 Å². The van der Waals surface area contributed by atoms with Crippen LogP contribution in [0.25, 0.3) is 0 Å². The monoisotopic (exact) mass is 427 g/mol. The first-order chi connectivity index (χ1) is 12.8. The average Bonchev–Trinajstić information content (AvgIpc) is 3.23. The molecule has 0 spiro atoms. The van der Waals surface area contributed by atoms with Crippen LogP contribution in [-0.4, -0.2) is 10.8 Å². The smallest absolute Gasteiger partial charge is 0.311 e. The van der Waals surface area contributed by atoms with Gasteiger partial charge in [-0.3, -0.25) is 4.79 Å². The van der Waals surface area contributed by atoms with E-state index in [0.29, 0.717) is 17.1 Å². The van der Waals surface area contributed by atoms with E-state index in [-0.39, 0.29) is 28.0 Å². The van der Waals surface area contributed by atoms with Gasteiger partial charge in [0.1, 0.15) is 17.6 Å². The van der Waals surface area contributed by atoms with Gasteiger partial charge in [0.05, 0.1) is 5.92 Å². The number of alkyl halides is 1. The highest BCUT2D eigenvalue weighted by Gasteiger charge is 2.64. The third kappa shape index (κ3) is 4.17. The molecule has 0 amide bonds. The molecule has 3 rings (SSSR count). The molecule has 2 aromatic rings. The summed E-state index contributed by atoms with van der Waals surface area (Å²) in [5.41, 5.74) is 0.472. The van der Waals surface area contributed by atoms with E-state index in [1.54, 1.807) is 24.3 Å². The predicted octanol–water partition coefficient (Wildman–Crippen LogP) is 5.64. The summed E-state index contributed by atoms with van der Waals surface area (Å²) >= 11 is 3.57. The third-order valence-corrected chi connectivity index (χ3v) is 5.72. The van der Waals surface area contributed by atoms with Gasteiger partial charge in [-0.1, -0.05) is 67.0 Å². The van der Waals surface area contributed by atoms with Crippen LogP contribution in [0, 0.1) is 28.6 Å². The summed E-state index contributed by atoms with van der Waals surface area (Å²) in [7, 11) is 0. The number of carbonyl (C=O) groups excluding carboxylic acids is 1. The van der Waals surface area contributed by atoms with Gasteiger partial charge in [-0.15, -0.1) is 0 Å². The van der Waals surface area contributed by atoms with Crippen molar-refractivity contribution < 1.29 is 14.3 Å². The lowest BCUT2D eigenvalue weighted by atomic mass is 10.1. The van der Waals surface area contributed by atoms with Gasteiger partial charge in [-0.2, -0.15) is 5.26 Å². The minimum Gasteiger partial charge on any atom is -0.457 e. The number of para-hydroxylation sites is 1. The summed E-state index contributed by atoms with van der Waals surface area (Å²) in [5, 5.41) is 9.54. The van der Waals surface area contributed by atoms with E-state index >= 15 is 0 Å². The number of hydrogen-bond donors (Lipinski definition) is 0. The fourth-order valence-electron chi connectivity index (χ4n) is 3.71. The van der Waals surface area contributed by atoms with Gasteiger partial charge < -0.3 is 9.47 Å². The van der Waals surface area contributed by atoms with Gasteiger partial charge in [-0.05, 0) is 35.6 Å². The summed E-state index contributed by atoms with van der Waals surface area (Å²) in [6.45, 7) is 6.14. The zero-order chi connectivity index (χ0) is 19.6. The van der Waals surface area contributed by atoms with Crippen molar-refractivity contribution in [1.82, 2.24) is 0 Å². The van der Waals surface area contributed by atoms with Gasteiger partial charge in [0.25, 0.3) is 0 Å². The SMILES string of the molecule is CC(Br)C1C(C(=O)OC(C#N)c2cccc(Oc3ccccc3)c2)C1(C)C. The van der Waals surface area contributed by atoms with Crippen molar-refractivity contribution in [3.63, 3.8) is 0 Å². The van der Waals surface area contributed by atoms with Crippen LogP contribution in [0.1, 0.15) is 32.4 Å². The Balaban J connectivity index is 1.72. The summed E-state index contributed by atoms with van der Waals surface area (Å²) in [6.07, 6.45) is -0.959. The summed E-state index contributed by atoms with van der Waals surface area (Å²) in [6, 6.07) is 18.6. The molecule has 1 aliphatic rings. The van der Waals surface area contributed by atoms with E-state index in [2.05, 4.69) is 35.8 Å². The summed E-state index contributed by atoms with van der Waals surface area (Å²) < 4.78 is 11.4. The number of rotatable bonds is 6.